The molecule has 2 rings (SSSR count). The smallest absolute Gasteiger partial charge is 0.271 e. The van der Waals surface area contributed by atoms with Crippen LogP contribution in [0.4, 0.5) is 5.82 Å². The maximum Gasteiger partial charge on any atom is 0.271 e. The van der Waals surface area contributed by atoms with Gasteiger partial charge in [-0.3, -0.25) is 14.3 Å². The van der Waals surface area contributed by atoms with Crippen molar-refractivity contribution in [1.82, 2.24) is 20.0 Å². The van der Waals surface area contributed by atoms with E-state index in [1.165, 1.54) is 6.42 Å². The maximum atomic E-state index is 12.3. The summed E-state index contributed by atoms with van der Waals surface area (Å²) >= 11 is 0. The molecular weight excluding hydrogens is 294 g/mol. The summed E-state index contributed by atoms with van der Waals surface area (Å²) < 4.78 is 1.54. The number of nitrogens with zero attached hydrogens (tertiary/aromatic N) is 3. The van der Waals surface area contributed by atoms with Gasteiger partial charge in [-0.25, -0.2) is 0 Å². The van der Waals surface area contributed by atoms with Gasteiger partial charge in [0.2, 0.25) is 5.91 Å². The number of hydrogen-bond acceptors (Lipinski definition) is 4. The number of carbonyl (C=O) groups excluding carboxylic acids is 2. The van der Waals surface area contributed by atoms with Crippen LogP contribution in [0.3, 0.4) is 0 Å². The molecule has 0 saturated heterocycles. The van der Waals surface area contributed by atoms with Gasteiger partial charge in [0.25, 0.3) is 5.91 Å². The Morgan fingerprint density at radius 1 is 1.30 bits per heavy atom. The van der Waals surface area contributed by atoms with Crippen LogP contribution in [0, 0.1) is 5.92 Å². The minimum absolute atomic E-state index is 0.0345. The van der Waals surface area contributed by atoms with Gasteiger partial charge in [-0.1, -0.05) is 19.3 Å². The van der Waals surface area contributed by atoms with Crippen LogP contribution in [0.2, 0.25) is 0 Å². The van der Waals surface area contributed by atoms with Gasteiger partial charge in [-0.2, -0.15) is 5.10 Å². The van der Waals surface area contributed by atoms with E-state index in [1.54, 1.807) is 17.8 Å². The molecule has 0 radical (unpaired) electrons. The predicted molar refractivity (Wildman–Crippen MR) is 89.3 cm³/mol. The van der Waals surface area contributed by atoms with Crippen molar-refractivity contribution in [2.45, 2.75) is 32.1 Å². The Morgan fingerprint density at radius 2 is 2.00 bits per heavy atom. The summed E-state index contributed by atoms with van der Waals surface area (Å²) in [5, 5.41) is 9.90. The number of likely N-dealkylation sites (N-methyl/N-ethyl adjacent to an activating group) is 1. The molecule has 0 bridgehead atoms. The molecule has 0 aromatic carbocycles. The summed E-state index contributed by atoms with van der Waals surface area (Å²) in [6.07, 6.45) is 5.34. The molecule has 2 amide bonds. The second-order valence-electron chi connectivity index (χ2n) is 6.42. The topological polar surface area (TPSA) is 79.3 Å². The Kier molecular flexibility index (Phi) is 6.15. The molecule has 1 aliphatic rings. The standard InChI is InChI=1S/C16H27N5O2/c1-20(2)10-9-17-16(23)13-11-14(21(3)19-13)18-15(22)12-7-5-4-6-8-12/h11-12H,4-10H2,1-3H3,(H,17,23)(H,18,22). The molecule has 0 aliphatic heterocycles. The minimum atomic E-state index is -0.222. The fourth-order valence-corrected chi connectivity index (χ4v) is 2.77. The number of nitrogens with one attached hydrogen (secondary N) is 2. The Balaban J connectivity index is 1.92. The van der Waals surface area contributed by atoms with Crippen LogP contribution in [0.15, 0.2) is 6.07 Å². The quantitative estimate of drug-likeness (QED) is 0.826. The lowest BCUT2D eigenvalue weighted by atomic mass is 9.89. The average molecular weight is 321 g/mol. The van der Waals surface area contributed by atoms with Crippen LogP contribution in [0.1, 0.15) is 42.6 Å². The highest BCUT2D eigenvalue weighted by Gasteiger charge is 2.22. The zero-order chi connectivity index (χ0) is 16.8. The van der Waals surface area contributed by atoms with E-state index >= 15 is 0 Å². The SMILES string of the molecule is CN(C)CCNC(=O)c1cc(NC(=O)C2CCCCC2)n(C)n1. The highest BCUT2D eigenvalue weighted by Crippen LogP contribution is 2.25. The molecule has 0 unspecified atom stereocenters. The molecule has 1 aliphatic carbocycles. The summed E-state index contributed by atoms with van der Waals surface area (Å²) in [6.45, 7) is 1.33. The number of amides is 2. The fourth-order valence-electron chi connectivity index (χ4n) is 2.77. The van der Waals surface area contributed by atoms with Crippen LogP contribution < -0.4 is 10.6 Å². The lowest BCUT2D eigenvalue weighted by Crippen LogP contribution is -2.31. The first-order chi connectivity index (χ1) is 11.0. The molecule has 0 spiro atoms. The lowest BCUT2D eigenvalue weighted by Gasteiger charge is -2.20. The fraction of sp³-hybridized carbons (Fsp3) is 0.688. The summed E-state index contributed by atoms with van der Waals surface area (Å²) in [6, 6.07) is 1.63. The van der Waals surface area contributed by atoms with Gasteiger partial charge in [-0.05, 0) is 26.9 Å². The van der Waals surface area contributed by atoms with E-state index in [0.29, 0.717) is 18.1 Å². The lowest BCUT2D eigenvalue weighted by molar-refractivity contribution is -0.120. The second-order valence-corrected chi connectivity index (χ2v) is 6.42. The monoisotopic (exact) mass is 321 g/mol. The van der Waals surface area contributed by atoms with Crippen LogP contribution in [-0.2, 0) is 11.8 Å². The van der Waals surface area contributed by atoms with Gasteiger partial charge in [0.1, 0.15) is 5.82 Å². The summed E-state index contributed by atoms with van der Waals surface area (Å²) in [4.78, 5) is 26.3. The van der Waals surface area contributed by atoms with E-state index in [0.717, 1.165) is 32.2 Å². The molecule has 7 nitrogen and oxygen atoms in total. The molecule has 23 heavy (non-hydrogen) atoms. The van der Waals surface area contributed by atoms with Crippen LogP contribution in [-0.4, -0.2) is 53.7 Å². The van der Waals surface area contributed by atoms with Crippen molar-refractivity contribution in [2.24, 2.45) is 13.0 Å². The third-order valence-electron chi connectivity index (χ3n) is 4.18. The van der Waals surface area contributed by atoms with Crippen molar-refractivity contribution in [1.29, 1.82) is 0 Å². The zero-order valence-electron chi connectivity index (χ0n) is 14.3. The molecule has 1 heterocycles. The second kappa shape index (κ2) is 8.10. The largest absolute Gasteiger partial charge is 0.349 e. The Bertz CT molecular complexity index is 547. The zero-order valence-corrected chi connectivity index (χ0v) is 14.3. The summed E-state index contributed by atoms with van der Waals surface area (Å²) in [7, 11) is 5.63. The van der Waals surface area contributed by atoms with Gasteiger partial charge < -0.3 is 15.5 Å². The number of anilines is 1. The van der Waals surface area contributed by atoms with Gasteiger partial charge >= 0.3 is 0 Å². The van der Waals surface area contributed by atoms with E-state index in [4.69, 9.17) is 0 Å². The molecule has 1 aromatic rings. The molecule has 1 saturated carbocycles. The van der Waals surface area contributed by atoms with Crippen molar-refractivity contribution >= 4 is 17.6 Å². The molecule has 128 valence electrons. The van der Waals surface area contributed by atoms with E-state index < -0.39 is 0 Å². The van der Waals surface area contributed by atoms with Crippen molar-refractivity contribution in [3.8, 4) is 0 Å². The maximum absolute atomic E-state index is 12.3. The number of hydrogen-bond donors (Lipinski definition) is 2. The van der Waals surface area contributed by atoms with Crippen molar-refractivity contribution in [3.05, 3.63) is 11.8 Å². The molecule has 2 N–H and O–H groups in total. The molecule has 1 aromatic heterocycles. The number of aryl methyl sites for hydroxylation is 1. The van der Waals surface area contributed by atoms with E-state index in [1.807, 2.05) is 19.0 Å². The Labute approximate surface area is 137 Å². The highest BCUT2D eigenvalue weighted by molar-refractivity contribution is 5.96. The normalized spacial score (nSPS) is 15.7. The highest BCUT2D eigenvalue weighted by atomic mass is 16.2. The number of carbonyl (C=O) groups is 2. The van der Waals surface area contributed by atoms with Crippen molar-refractivity contribution < 1.29 is 9.59 Å². The van der Waals surface area contributed by atoms with Gasteiger partial charge in [0, 0.05) is 32.1 Å². The van der Waals surface area contributed by atoms with Gasteiger partial charge in [-0.15, -0.1) is 0 Å². The van der Waals surface area contributed by atoms with Crippen LogP contribution in [0.5, 0.6) is 0 Å². The first-order valence-corrected chi connectivity index (χ1v) is 8.25. The summed E-state index contributed by atoms with van der Waals surface area (Å²) in [5.41, 5.74) is 0.324. The average Bonchev–Trinajstić information content (AvgIpc) is 2.89. The van der Waals surface area contributed by atoms with E-state index in [9.17, 15) is 9.59 Å². The van der Waals surface area contributed by atoms with Crippen LogP contribution >= 0.6 is 0 Å². The third-order valence-corrected chi connectivity index (χ3v) is 4.18. The van der Waals surface area contributed by atoms with Crippen LogP contribution in [0.25, 0.3) is 0 Å². The molecule has 7 heteroatoms. The number of rotatable bonds is 6. The Hall–Kier alpha value is -1.89. The van der Waals surface area contributed by atoms with Crippen molar-refractivity contribution in [2.75, 3.05) is 32.5 Å². The first kappa shape index (κ1) is 17.5. The Morgan fingerprint density at radius 3 is 2.65 bits per heavy atom. The molecular formula is C16H27N5O2. The third kappa shape index (κ3) is 5.06. The first-order valence-electron chi connectivity index (χ1n) is 8.25. The van der Waals surface area contributed by atoms with E-state index in [2.05, 4.69) is 15.7 Å². The predicted octanol–water partition coefficient (Wildman–Crippen LogP) is 1.23. The number of aromatic nitrogens is 2. The van der Waals surface area contributed by atoms with Crippen molar-refractivity contribution in [3.63, 3.8) is 0 Å². The van der Waals surface area contributed by atoms with Gasteiger partial charge in [0.15, 0.2) is 5.69 Å². The van der Waals surface area contributed by atoms with E-state index in [-0.39, 0.29) is 17.7 Å². The molecule has 1 fully saturated rings. The minimum Gasteiger partial charge on any atom is -0.349 e. The summed E-state index contributed by atoms with van der Waals surface area (Å²) in [5.74, 6) is 0.460. The molecule has 0 atom stereocenters. The van der Waals surface area contributed by atoms with Gasteiger partial charge in [0.05, 0.1) is 0 Å².